The van der Waals surface area contributed by atoms with E-state index >= 15 is 0 Å². The van der Waals surface area contributed by atoms with Gasteiger partial charge in [-0.1, -0.05) is 54.6 Å². The summed E-state index contributed by atoms with van der Waals surface area (Å²) in [6.45, 7) is 1.39. The summed E-state index contributed by atoms with van der Waals surface area (Å²) >= 11 is 0. The number of benzene rings is 3. The predicted molar refractivity (Wildman–Crippen MR) is 132 cm³/mol. The van der Waals surface area contributed by atoms with Crippen LogP contribution in [-0.2, 0) is 4.79 Å². The largest absolute Gasteiger partial charge is 0.493 e. The Labute approximate surface area is 200 Å². The summed E-state index contributed by atoms with van der Waals surface area (Å²) in [5.41, 5.74) is 4.46. The number of likely N-dealkylation sites (tertiary alicyclic amines) is 1. The van der Waals surface area contributed by atoms with E-state index in [9.17, 15) is 9.90 Å². The van der Waals surface area contributed by atoms with Crippen molar-refractivity contribution in [3.63, 3.8) is 0 Å². The van der Waals surface area contributed by atoms with Crippen LogP contribution >= 0.6 is 0 Å². The quantitative estimate of drug-likeness (QED) is 0.493. The molecule has 1 atom stereocenters. The van der Waals surface area contributed by atoms with Gasteiger partial charge in [0.05, 0.1) is 33.3 Å². The van der Waals surface area contributed by atoms with Crippen LogP contribution in [0.5, 0.6) is 17.2 Å². The lowest BCUT2D eigenvalue weighted by molar-refractivity contribution is -0.143. The first-order valence-corrected chi connectivity index (χ1v) is 11.5. The Morgan fingerprint density at radius 1 is 0.824 bits per heavy atom. The number of hydrogen-bond donors (Lipinski definition) is 1. The summed E-state index contributed by atoms with van der Waals surface area (Å²) in [5, 5.41) is 9.46. The standard InChI is InChI=1S/C28H31NO5/c1-32-24-17-23(18-25(33-2)27(24)34-3)26(29-15-13-22(14-16-29)28(30)31)21-11-9-20(10-12-21)19-7-5-4-6-8-19/h4-12,17-18,22,26H,13-16H2,1-3H3,(H,30,31). The van der Waals surface area contributed by atoms with E-state index in [1.807, 2.05) is 30.3 Å². The van der Waals surface area contributed by atoms with Gasteiger partial charge in [0.15, 0.2) is 11.5 Å². The number of nitrogens with zero attached hydrogens (tertiary/aromatic N) is 1. The second-order valence-electron chi connectivity index (χ2n) is 8.50. The molecule has 3 aromatic carbocycles. The average molecular weight is 462 g/mol. The van der Waals surface area contributed by atoms with E-state index in [1.54, 1.807) is 21.3 Å². The summed E-state index contributed by atoms with van der Waals surface area (Å²) in [6, 6.07) is 22.8. The van der Waals surface area contributed by atoms with Gasteiger partial charge in [-0.3, -0.25) is 9.69 Å². The fraction of sp³-hybridized carbons (Fsp3) is 0.321. The van der Waals surface area contributed by atoms with E-state index in [1.165, 1.54) is 5.56 Å². The van der Waals surface area contributed by atoms with Crippen molar-refractivity contribution in [1.29, 1.82) is 0 Å². The monoisotopic (exact) mass is 461 g/mol. The van der Waals surface area contributed by atoms with Gasteiger partial charge in [0, 0.05) is 0 Å². The summed E-state index contributed by atoms with van der Waals surface area (Å²) < 4.78 is 16.8. The molecular weight excluding hydrogens is 430 g/mol. The molecule has 0 saturated carbocycles. The van der Waals surface area contributed by atoms with Crippen molar-refractivity contribution in [2.45, 2.75) is 18.9 Å². The molecule has 0 aromatic heterocycles. The molecule has 1 saturated heterocycles. The minimum absolute atomic E-state index is 0.0757. The van der Waals surface area contributed by atoms with Gasteiger partial charge in [0.2, 0.25) is 5.75 Å². The Balaban J connectivity index is 1.75. The van der Waals surface area contributed by atoms with E-state index in [4.69, 9.17) is 14.2 Å². The Bertz CT molecular complexity index is 1080. The van der Waals surface area contributed by atoms with Crippen molar-refractivity contribution >= 4 is 5.97 Å². The second-order valence-corrected chi connectivity index (χ2v) is 8.50. The third-order valence-electron chi connectivity index (χ3n) is 6.58. The number of ether oxygens (including phenoxy) is 3. The minimum atomic E-state index is -0.712. The first-order valence-electron chi connectivity index (χ1n) is 11.5. The number of methoxy groups -OCH3 is 3. The number of piperidine rings is 1. The lowest BCUT2D eigenvalue weighted by atomic mass is 9.90. The van der Waals surface area contributed by atoms with Crippen molar-refractivity contribution in [2.24, 2.45) is 5.92 Å². The van der Waals surface area contributed by atoms with Gasteiger partial charge in [-0.15, -0.1) is 0 Å². The van der Waals surface area contributed by atoms with Crippen LogP contribution < -0.4 is 14.2 Å². The van der Waals surface area contributed by atoms with Crippen LogP contribution in [0.4, 0.5) is 0 Å². The Hall–Kier alpha value is -3.51. The topological polar surface area (TPSA) is 68.2 Å². The van der Waals surface area contributed by atoms with E-state index in [0.29, 0.717) is 43.2 Å². The number of carbonyl (C=O) groups is 1. The maximum atomic E-state index is 11.5. The number of carboxylic acid groups (broad SMARTS) is 1. The molecule has 1 aliphatic heterocycles. The fourth-order valence-corrected chi connectivity index (χ4v) is 4.77. The molecule has 3 aromatic rings. The van der Waals surface area contributed by atoms with Gasteiger partial charge in [0.25, 0.3) is 0 Å². The number of aliphatic carboxylic acids is 1. The van der Waals surface area contributed by atoms with Crippen LogP contribution in [-0.4, -0.2) is 50.4 Å². The zero-order chi connectivity index (χ0) is 24.1. The number of carboxylic acids is 1. The zero-order valence-corrected chi connectivity index (χ0v) is 19.9. The van der Waals surface area contributed by atoms with Crippen LogP contribution in [0.25, 0.3) is 11.1 Å². The van der Waals surface area contributed by atoms with E-state index in [2.05, 4.69) is 41.3 Å². The van der Waals surface area contributed by atoms with Crippen molar-refractivity contribution < 1.29 is 24.1 Å². The lowest BCUT2D eigenvalue weighted by Crippen LogP contribution is -2.39. The number of rotatable bonds is 8. The normalized spacial score (nSPS) is 15.5. The summed E-state index contributed by atoms with van der Waals surface area (Å²) in [5.74, 6) is 0.747. The van der Waals surface area contributed by atoms with Crippen molar-refractivity contribution in [2.75, 3.05) is 34.4 Å². The molecule has 1 aliphatic rings. The van der Waals surface area contributed by atoms with E-state index < -0.39 is 5.97 Å². The lowest BCUT2D eigenvalue weighted by Gasteiger charge is -2.37. The van der Waals surface area contributed by atoms with Gasteiger partial charge in [-0.2, -0.15) is 0 Å². The zero-order valence-electron chi connectivity index (χ0n) is 19.9. The van der Waals surface area contributed by atoms with E-state index in [0.717, 1.165) is 16.7 Å². The van der Waals surface area contributed by atoms with Gasteiger partial charge in [-0.25, -0.2) is 0 Å². The minimum Gasteiger partial charge on any atom is -0.493 e. The molecule has 0 spiro atoms. The maximum absolute atomic E-state index is 11.5. The molecule has 0 aliphatic carbocycles. The van der Waals surface area contributed by atoms with Crippen molar-refractivity contribution in [3.05, 3.63) is 77.9 Å². The molecule has 4 rings (SSSR count). The second kappa shape index (κ2) is 10.6. The smallest absolute Gasteiger partial charge is 0.306 e. The summed E-state index contributed by atoms with van der Waals surface area (Å²) in [7, 11) is 4.82. The van der Waals surface area contributed by atoms with Crippen LogP contribution in [0.2, 0.25) is 0 Å². The molecule has 1 fully saturated rings. The molecule has 1 unspecified atom stereocenters. The molecule has 0 radical (unpaired) electrons. The SMILES string of the molecule is COc1cc(C(c2ccc(-c3ccccc3)cc2)N2CCC(C(=O)O)CC2)cc(OC)c1OC. The highest BCUT2D eigenvalue weighted by Crippen LogP contribution is 2.43. The van der Waals surface area contributed by atoms with Gasteiger partial charge < -0.3 is 19.3 Å². The van der Waals surface area contributed by atoms with Crippen molar-refractivity contribution in [1.82, 2.24) is 4.90 Å². The maximum Gasteiger partial charge on any atom is 0.306 e. The highest BCUT2D eigenvalue weighted by atomic mass is 16.5. The highest BCUT2D eigenvalue weighted by molar-refractivity contribution is 5.70. The molecule has 0 amide bonds. The first-order chi connectivity index (χ1) is 16.5. The molecule has 178 valence electrons. The first kappa shape index (κ1) is 23.6. The van der Waals surface area contributed by atoms with E-state index in [-0.39, 0.29) is 12.0 Å². The third kappa shape index (κ3) is 4.87. The molecule has 1 N–H and O–H groups in total. The van der Waals surface area contributed by atoms with Crippen LogP contribution in [0.15, 0.2) is 66.7 Å². The van der Waals surface area contributed by atoms with Crippen LogP contribution in [0.3, 0.4) is 0 Å². The van der Waals surface area contributed by atoms with Crippen molar-refractivity contribution in [3.8, 4) is 28.4 Å². The fourth-order valence-electron chi connectivity index (χ4n) is 4.77. The summed E-state index contributed by atoms with van der Waals surface area (Å²) in [4.78, 5) is 13.9. The predicted octanol–water partition coefficient (Wildman–Crippen LogP) is 5.27. The van der Waals surface area contributed by atoms with Gasteiger partial charge in [0.1, 0.15) is 0 Å². The third-order valence-corrected chi connectivity index (χ3v) is 6.58. The van der Waals surface area contributed by atoms with Gasteiger partial charge in [-0.05, 0) is 60.3 Å². The molecule has 1 heterocycles. The molecule has 6 heteroatoms. The molecule has 0 bridgehead atoms. The van der Waals surface area contributed by atoms with Crippen LogP contribution in [0, 0.1) is 5.92 Å². The van der Waals surface area contributed by atoms with Gasteiger partial charge >= 0.3 is 5.97 Å². The average Bonchev–Trinajstić information content (AvgIpc) is 2.89. The number of hydrogen-bond acceptors (Lipinski definition) is 5. The molecule has 34 heavy (non-hydrogen) atoms. The summed E-state index contributed by atoms with van der Waals surface area (Å²) in [6.07, 6.45) is 1.25. The molecular formula is C28H31NO5. The Morgan fingerprint density at radius 3 is 1.88 bits per heavy atom. The highest BCUT2D eigenvalue weighted by Gasteiger charge is 2.31. The Morgan fingerprint density at radius 2 is 1.38 bits per heavy atom. The van der Waals surface area contributed by atoms with Crippen LogP contribution in [0.1, 0.15) is 30.0 Å². The Kier molecular flexibility index (Phi) is 7.38. The molecule has 6 nitrogen and oxygen atoms in total.